The minimum Gasteiger partial charge on any atom is -0.298 e. The van der Waals surface area contributed by atoms with E-state index >= 15 is 0 Å². The van der Waals surface area contributed by atoms with Gasteiger partial charge in [-0.05, 0) is 38.2 Å². The number of hydrogen-bond donors (Lipinski definition) is 0. The van der Waals surface area contributed by atoms with Gasteiger partial charge in [0.1, 0.15) is 6.29 Å². The minimum absolute atomic E-state index is 0.941. The van der Waals surface area contributed by atoms with Crippen LogP contribution in [0, 0.1) is 0 Å². The van der Waals surface area contributed by atoms with Crippen LogP contribution in [0.1, 0.15) is 51.9 Å². The molecule has 0 aromatic heterocycles. The van der Waals surface area contributed by atoms with Crippen LogP contribution in [0.15, 0.2) is 24.3 Å². The molecule has 0 aliphatic heterocycles. The molecule has 0 aromatic rings. The molecule has 0 spiro atoms. The topological polar surface area (TPSA) is 17.1 Å². The summed E-state index contributed by atoms with van der Waals surface area (Å²) in [7, 11) is 0. The summed E-state index contributed by atoms with van der Waals surface area (Å²) in [5, 5.41) is 0. The van der Waals surface area contributed by atoms with E-state index in [1.165, 1.54) is 25.7 Å². The van der Waals surface area contributed by atoms with E-state index in [9.17, 15) is 4.79 Å². The quantitative estimate of drug-likeness (QED) is 0.234. The number of carbonyl (C=O) groups excluding carboxylic acids is 1. The zero-order chi connectivity index (χ0) is 10.6. The maximum Gasteiger partial charge on any atom is 0.145 e. The fraction of sp³-hybridized carbons (Fsp3) is 0.615. The molecule has 14 heavy (non-hydrogen) atoms. The molecule has 0 unspecified atom stereocenters. The van der Waals surface area contributed by atoms with Crippen molar-refractivity contribution in [3.63, 3.8) is 0 Å². The van der Waals surface area contributed by atoms with E-state index in [1.807, 2.05) is 19.1 Å². The van der Waals surface area contributed by atoms with E-state index in [-0.39, 0.29) is 0 Å². The molecule has 0 fully saturated rings. The summed E-state index contributed by atoms with van der Waals surface area (Å²) >= 11 is 0. The summed E-state index contributed by atoms with van der Waals surface area (Å²) in [6, 6.07) is 0. The van der Waals surface area contributed by atoms with Gasteiger partial charge in [0, 0.05) is 0 Å². The molecule has 0 aromatic carbocycles. The van der Waals surface area contributed by atoms with Crippen molar-refractivity contribution in [2.75, 3.05) is 0 Å². The first kappa shape index (κ1) is 13.2. The van der Waals surface area contributed by atoms with Crippen LogP contribution in [0.3, 0.4) is 0 Å². The third-order valence-corrected chi connectivity index (χ3v) is 2.40. The van der Waals surface area contributed by atoms with Gasteiger partial charge in [-0.2, -0.15) is 0 Å². The Labute approximate surface area is 87.9 Å². The van der Waals surface area contributed by atoms with Crippen molar-refractivity contribution in [3.05, 3.63) is 24.3 Å². The number of aldehydes is 1. The maximum absolute atomic E-state index is 10.5. The van der Waals surface area contributed by atoms with Crippen LogP contribution in [-0.2, 0) is 4.79 Å². The third kappa shape index (κ3) is 7.78. The number of unbranched alkanes of at least 4 members (excludes halogenated alkanes) is 5. The van der Waals surface area contributed by atoms with Gasteiger partial charge in [0.05, 0.1) is 0 Å². The standard InChI is InChI=1S/C13H22O/c1-3-5-6-7-8-9-10-11-13(4-2)12-14/h3-4,12H,1,5-11H2,2H3. The summed E-state index contributed by atoms with van der Waals surface area (Å²) < 4.78 is 0. The SMILES string of the molecule is C=CCCCCCCCC(C=O)=CC. The zero-order valence-electron chi connectivity index (χ0n) is 9.30. The smallest absolute Gasteiger partial charge is 0.145 e. The van der Waals surface area contributed by atoms with Crippen molar-refractivity contribution in [1.29, 1.82) is 0 Å². The molecule has 1 heteroatoms. The molecular weight excluding hydrogens is 172 g/mol. The van der Waals surface area contributed by atoms with Gasteiger partial charge in [0.25, 0.3) is 0 Å². The lowest BCUT2D eigenvalue weighted by molar-refractivity contribution is -0.105. The highest BCUT2D eigenvalue weighted by atomic mass is 16.1. The highest BCUT2D eigenvalue weighted by Gasteiger charge is 1.94. The van der Waals surface area contributed by atoms with Crippen molar-refractivity contribution in [3.8, 4) is 0 Å². The Balaban J connectivity index is 3.20. The van der Waals surface area contributed by atoms with E-state index in [1.54, 1.807) is 0 Å². The van der Waals surface area contributed by atoms with E-state index in [0.717, 1.165) is 31.1 Å². The molecule has 0 saturated heterocycles. The molecule has 0 rings (SSSR count). The Hall–Kier alpha value is -0.850. The molecule has 0 saturated carbocycles. The number of hydrogen-bond acceptors (Lipinski definition) is 1. The van der Waals surface area contributed by atoms with Gasteiger partial charge in [-0.1, -0.05) is 31.4 Å². The first-order chi connectivity index (χ1) is 6.85. The predicted molar refractivity (Wildman–Crippen MR) is 62.3 cm³/mol. The Morgan fingerprint density at radius 2 is 1.79 bits per heavy atom. The van der Waals surface area contributed by atoms with E-state index in [0.29, 0.717) is 0 Å². The second kappa shape index (κ2) is 10.2. The van der Waals surface area contributed by atoms with Gasteiger partial charge in [-0.3, -0.25) is 4.79 Å². The molecule has 0 atom stereocenters. The second-order valence-corrected chi connectivity index (χ2v) is 3.58. The monoisotopic (exact) mass is 194 g/mol. The molecule has 0 aliphatic carbocycles. The van der Waals surface area contributed by atoms with Gasteiger partial charge in [-0.15, -0.1) is 6.58 Å². The first-order valence-corrected chi connectivity index (χ1v) is 5.56. The maximum atomic E-state index is 10.5. The summed E-state index contributed by atoms with van der Waals surface area (Å²) in [5.74, 6) is 0. The van der Waals surface area contributed by atoms with Crippen LogP contribution in [-0.4, -0.2) is 6.29 Å². The van der Waals surface area contributed by atoms with Crippen LogP contribution < -0.4 is 0 Å². The minimum atomic E-state index is 0.941. The Morgan fingerprint density at radius 1 is 1.14 bits per heavy atom. The van der Waals surface area contributed by atoms with E-state index in [4.69, 9.17) is 0 Å². The fourth-order valence-electron chi connectivity index (χ4n) is 1.42. The molecule has 0 radical (unpaired) electrons. The molecule has 1 nitrogen and oxygen atoms in total. The molecule has 0 heterocycles. The van der Waals surface area contributed by atoms with Gasteiger partial charge >= 0.3 is 0 Å². The number of rotatable bonds is 9. The van der Waals surface area contributed by atoms with Gasteiger partial charge in [0.15, 0.2) is 0 Å². The Bertz CT molecular complexity index is 180. The van der Waals surface area contributed by atoms with Crippen molar-refractivity contribution in [2.45, 2.75) is 51.9 Å². The fourth-order valence-corrected chi connectivity index (χ4v) is 1.42. The van der Waals surface area contributed by atoms with Crippen LogP contribution in [0.2, 0.25) is 0 Å². The average molecular weight is 194 g/mol. The lowest BCUT2D eigenvalue weighted by Crippen LogP contribution is -1.85. The Kier molecular flexibility index (Phi) is 9.61. The zero-order valence-corrected chi connectivity index (χ0v) is 9.30. The highest BCUT2D eigenvalue weighted by molar-refractivity contribution is 5.72. The molecular formula is C13H22O. The summed E-state index contributed by atoms with van der Waals surface area (Å²) in [5.41, 5.74) is 0.941. The average Bonchev–Trinajstić information content (AvgIpc) is 2.22. The van der Waals surface area contributed by atoms with E-state index in [2.05, 4.69) is 6.58 Å². The van der Waals surface area contributed by atoms with Crippen molar-refractivity contribution < 1.29 is 4.79 Å². The van der Waals surface area contributed by atoms with Crippen LogP contribution in [0.5, 0.6) is 0 Å². The first-order valence-electron chi connectivity index (χ1n) is 5.56. The largest absolute Gasteiger partial charge is 0.298 e. The molecule has 0 amide bonds. The van der Waals surface area contributed by atoms with Gasteiger partial charge in [-0.25, -0.2) is 0 Å². The normalized spacial score (nSPS) is 11.4. The Morgan fingerprint density at radius 3 is 2.36 bits per heavy atom. The summed E-state index contributed by atoms with van der Waals surface area (Å²) in [4.78, 5) is 10.5. The molecule has 0 aliphatic rings. The second-order valence-electron chi connectivity index (χ2n) is 3.58. The molecule has 80 valence electrons. The predicted octanol–water partition coefficient (Wildman–Crippen LogP) is 4.05. The number of carbonyl (C=O) groups is 1. The van der Waals surface area contributed by atoms with Crippen LogP contribution in [0.25, 0.3) is 0 Å². The van der Waals surface area contributed by atoms with Crippen LogP contribution in [0.4, 0.5) is 0 Å². The van der Waals surface area contributed by atoms with Crippen molar-refractivity contribution in [1.82, 2.24) is 0 Å². The summed E-state index contributed by atoms with van der Waals surface area (Å²) in [6.07, 6.45) is 13.1. The molecule has 0 bridgehead atoms. The third-order valence-electron chi connectivity index (χ3n) is 2.40. The summed E-state index contributed by atoms with van der Waals surface area (Å²) in [6.45, 7) is 5.62. The highest BCUT2D eigenvalue weighted by Crippen LogP contribution is 2.10. The molecule has 0 N–H and O–H groups in total. The lowest BCUT2D eigenvalue weighted by Gasteiger charge is -2.00. The van der Waals surface area contributed by atoms with Gasteiger partial charge in [0.2, 0.25) is 0 Å². The van der Waals surface area contributed by atoms with Gasteiger partial charge < -0.3 is 0 Å². The van der Waals surface area contributed by atoms with Crippen LogP contribution >= 0.6 is 0 Å². The van der Waals surface area contributed by atoms with E-state index < -0.39 is 0 Å². The lowest BCUT2D eigenvalue weighted by atomic mass is 10.1. The van der Waals surface area contributed by atoms with Crippen molar-refractivity contribution >= 4 is 6.29 Å². The number of allylic oxidation sites excluding steroid dienone is 3. The van der Waals surface area contributed by atoms with Crippen molar-refractivity contribution in [2.24, 2.45) is 0 Å².